The Balaban J connectivity index is 2.32. The van der Waals surface area contributed by atoms with Crippen molar-refractivity contribution in [3.8, 4) is 24.3 Å². The molecule has 0 saturated heterocycles. The molecular formula is C28H4F12N6. The molecule has 1 saturated carbocycles. The zero-order valence-corrected chi connectivity index (χ0v) is 21.5. The molecule has 46 heavy (non-hydrogen) atoms. The lowest BCUT2D eigenvalue weighted by molar-refractivity contribution is 0.446. The van der Waals surface area contributed by atoms with Crippen molar-refractivity contribution >= 4 is 22.5 Å². The van der Waals surface area contributed by atoms with E-state index in [9.17, 15) is 63.2 Å². The van der Waals surface area contributed by atoms with Gasteiger partial charge in [0.1, 0.15) is 41.1 Å². The first kappa shape index (κ1) is 32.5. The Kier molecular flexibility index (Phi) is 7.96. The highest BCUT2D eigenvalue weighted by Crippen LogP contribution is 2.56. The largest absolute Gasteiger partial charge is 0.398 e. The van der Waals surface area contributed by atoms with Crippen LogP contribution in [-0.4, -0.2) is 0 Å². The first-order valence-electron chi connectivity index (χ1n) is 11.5. The van der Waals surface area contributed by atoms with Gasteiger partial charge in [-0.05, 0) is 0 Å². The molecule has 18 heteroatoms. The van der Waals surface area contributed by atoms with E-state index in [1.807, 2.05) is 0 Å². The van der Waals surface area contributed by atoms with Gasteiger partial charge in [-0.25, -0.2) is 52.7 Å². The molecule has 1 aliphatic rings. The van der Waals surface area contributed by atoms with Crippen LogP contribution in [0.4, 0.5) is 58.4 Å². The second-order valence-corrected chi connectivity index (χ2v) is 8.79. The van der Waals surface area contributed by atoms with Gasteiger partial charge in [0.2, 0.25) is 0 Å². The van der Waals surface area contributed by atoms with Crippen LogP contribution in [0.25, 0.3) is 16.8 Å². The van der Waals surface area contributed by atoms with Crippen molar-refractivity contribution in [3.63, 3.8) is 0 Å². The standard InChI is InChI=1S/C28H4F12N6/c29-15-7(3-43)16(30)20(34)11(19(15)33)5(1-41)9-10(6(2-42)12-21(35)25(39)28(46)26(40)22(12)36)13(9)27(45)14-23(37)17(31)8(4-44)18(32)24(14)38/h45-46H2/b9-5-,10-6+,27-13?. The van der Waals surface area contributed by atoms with Crippen molar-refractivity contribution in [2.75, 3.05) is 5.73 Å². The number of allylic oxidation sites excluding steroid dienone is 5. The van der Waals surface area contributed by atoms with Gasteiger partial charge >= 0.3 is 0 Å². The lowest BCUT2D eigenvalue weighted by Crippen LogP contribution is -2.10. The molecule has 0 aromatic heterocycles. The molecule has 6 nitrogen and oxygen atoms in total. The van der Waals surface area contributed by atoms with Crippen LogP contribution in [0.3, 0.4) is 0 Å². The Bertz CT molecular complexity index is 2150. The van der Waals surface area contributed by atoms with Gasteiger partial charge in [0.25, 0.3) is 0 Å². The summed E-state index contributed by atoms with van der Waals surface area (Å²) in [5.74, 6) is -28.8. The summed E-state index contributed by atoms with van der Waals surface area (Å²) in [4.78, 5) is 0. The molecule has 0 atom stereocenters. The van der Waals surface area contributed by atoms with Crippen molar-refractivity contribution in [2.45, 2.75) is 0 Å². The van der Waals surface area contributed by atoms with Crippen molar-refractivity contribution in [2.24, 2.45) is 5.73 Å². The van der Waals surface area contributed by atoms with E-state index in [0.29, 0.717) is 0 Å². The Hall–Kier alpha value is -6.40. The van der Waals surface area contributed by atoms with Crippen molar-refractivity contribution in [1.82, 2.24) is 0 Å². The molecule has 0 spiro atoms. The molecule has 3 aromatic carbocycles. The van der Waals surface area contributed by atoms with Gasteiger partial charge in [-0.15, -0.1) is 0 Å². The zero-order valence-electron chi connectivity index (χ0n) is 21.5. The van der Waals surface area contributed by atoms with Crippen molar-refractivity contribution in [1.29, 1.82) is 21.0 Å². The Labute approximate surface area is 246 Å². The molecule has 0 unspecified atom stereocenters. The number of nitriles is 4. The molecule has 0 aliphatic heterocycles. The van der Waals surface area contributed by atoms with Crippen LogP contribution in [0.2, 0.25) is 0 Å². The predicted molar refractivity (Wildman–Crippen MR) is 129 cm³/mol. The molecule has 0 heterocycles. The van der Waals surface area contributed by atoms with Crippen LogP contribution < -0.4 is 11.5 Å². The van der Waals surface area contributed by atoms with Crippen molar-refractivity contribution in [3.05, 3.63) is 114 Å². The number of anilines is 1. The lowest BCUT2D eigenvalue weighted by Gasteiger charge is -2.09. The van der Waals surface area contributed by atoms with E-state index in [-0.39, 0.29) is 0 Å². The summed E-state index contributed by atoms with van der Waals surface area (Å²) < 4.78 is 176. The minimum absolute atomic E-state index is 0.788. The van der Waals surface area contributed by atoms with E-state index in [1.54, 1.807) is 0 Å². The molecule has 1 aliphatic carbocycles. The van der Waals surface area contributed by atoms with E-state index in [0.717, 1.165) is 24.3 Å². The number of nitrogens with zero attached hydrogens (tertiary/aromatic N) is 4. The summed E-state index contributed by atoms with van der Waals surface area (Å²) >= 11 is 0. The fourth-order valence-corrected chi connectivity index (χ4v) is 4.34. The number of nitrogens with two attached hydrogens (primary N) is 2. The Morgan fingerprint density at radius 3 is 0.978 bits per heavy atom. The lowest BCUT2D eigenvalue weighted by atomic mass is 9.99. The minimum Gasteiger partial charge on any atom is -0.398 e. The minimum atomic E-state index is -2.48. The van der Waals surface area contributed by atoms with E-state index < -0.39 is 137 Å². The predicted octanol–water partition coefficient (Wildman–Crippen LogP) is 6.32. The smallest absolute Gasteiger partial charge is 0.185 e. The topological polar surface area (TPSA) is 147 Å². The third-order valence-electron chi connectivity index (χ3n) is 6.50. The molecule has 0 amide bonds. The highest BCUT2D eigenvalue weighted by molar-refractivity contribution is 6.10. The number of hydrogen-bond acceptors (Lipinski definition) is 6. The van der Waals surface area contributed by atoms with Crippen LogP contribution in [-0.2, 0) is 0 Å². The van der Waals surface area contributed by atoms with Crippen LogP contribution in [0.15, 0.2) is 16.7 Å². The molecule has 3 aromatic rings. The van der Waals surface area contributed by atoms with Gasteiger partial charge in [-0.3, -0.25) is 0 Å². The number of nitrogen functional groups attached to an aromatic ring is 1. The average Bonchev–Trinajstić information content (AvgIpc) is 3.76. The van der Waals surface area contributed by atoms with Crippen LogP contribution in [0.5, 0.6) is 0 Å². The number of halogens is 12. The quantitative estimate of drug-likeness (QED) is 0.147. The zero-order chi connectivity index (χ0) is 34.7. The first-order valence-corrected chi connectivity index (χ1v) is 11.5. The van der Waals surface area contributed by atoms with Crippen LogP contribution in [0.1, 0.15) is 27.8 Å². The fourth-order valence-electron chi connectivity index (χ4n) is 4.34. The highest BCUT2D eigenvalue weighted by atomic mass is 19.2. The molecule has 1 fully saturated rings. The van der Waals surface area contributed by atoms with Gasteiger partial charge < -0.3 is 11.5 Å². The van der Waals surface area contributed by atoms with Crippen molar-refractivity contribution < 1.29 is 52.7 Å². The average molecular weight is 652 g/mol. The Morgan fingerprint density at radius 2 is 0.696 bits per heavy atom. The summed E-state index contributed by atoms with van der Waals surface area (Å²) in [5.41, 5.74) is -9.68. The maximum absolute atomic E-state index is 15.0. The summed E-state index contributed by atoms with van der Waals surface area (Å²) in [5, 5.41) is 37.1. The fraction of sp³-hybridized carbons (Fsp3) is 0. The summed E-state index contributed by atoms with van der Waals surface area (Å²) in [7, 11) is 0. The number of benzene rings is 3. The van der Waals surface area contributed by atoms with E-state index in [4.69, 9.17) is 22.0 Å². The van der Waals surface area contributed by atoms with Gasteiger partial charge in [-0.2, -0.15) is 21.0 Å². The van der Waals surface area contributed by atoms with Crippen LogP contribution >= 0.6 is 0 Å². The maximum Gasteiger partial charge on any atom is 0.185 e. The van der Waals surface area contributed by atoms with Gasteiger partial charge in [0.15, 0.2) is 69.8 Å². The highest BCUT2D eigenvalue weighted by Gasteiger charge is 2.45. The third-order valence-corrected chi connectivity index (χ3v) is 6.50. The molecule has 230 valence electrons. The van der Waals surface area contributed by atoms with E-state index >= 15 is 0 Å². The Morgan fingerprint density at radius 1 is 0.413 bits per heavy atom. The molecule has 0 bridgehead atoms. The summed E-state index contributed by atoms with van der Waals surface area (Å²) in [6.07, 6.45) is 0. The normalized spacial score (nSPS) is 15.4. The van der Waals surface area contributed by atoms with Gasteiger partial charge in [0.05, 0.1) is 33.5 Å². The summed E-state index contributed by atoms with van der Waals surface area (Å²) in [6.45, 7) is 0. The van der Waals surface area contributed by atoms with Gasteiger partial charge in [-0.1, -0.05) is 0 Å². The number of hydrogen-bond donors (Lipinski definition) is 2. The summed E-state index contributed by atoms with van der Waals surface area (Å²) in [6, 6.07) is 3.59. The second-order valence-electron chi connectivity index (χ2n) is 8.79. The SMILES string of the molecule is N#C/C(=C1\C(=C(N)c2c(F)c(F)c(C#N)c(F)c2F)\C1=C(\C#N)c1c(F)c(F)c(C#N)c(F)c1F)c1c(F)c(F)c(N)c(F)c1F. The molecule has 0 radical (unpaired) electrons. The van der Waals surface area contributed by atoms with Crippen LogP contribution in [0, 0.1) is 115 Å². The molecule has 4 rings (SSSR count). The first-order chi connectivity index (χ1) is 21.5. The monoisotopic (exact) mass is 652 g/mol. The molecular weight excluding hydrogens is 648 g/mol. The molecule has 4 N–H and O–H groups in total. The third kappa shape index (κ3) is 4.35. The number of rotatable bonds is 3. The van der Waals surface area contributed by atoms with Gasteiger partial charge in [0, 0.05) is 16.7 Å². The van der Waals surface area contributed by atoms with E-state index in [2.05, 4.69) is 0 Å². The maximum atomic E-state index is 15.0. The van der Waals surface area contributed by atoms with E-state index in [1.165, 1.54) is 0 Å². The second kappa shape index (κ2) is 11.3.